The topological polar surface area (TPSA) is 86.7 Å². The molecule has 2 aromatic carbocycles. The third-order valence-corrected chi connectivity index (χ3v) is 6.84. The van der Waals surface area contributed by atoms with Gasteiger partial charge in [0.05, 0.1) is 36.1 Å². The van der Waals surface area contributed by atoms with Gasteiger partial charge in [0.25, 0.3) is 0 Å². The average Bonchev–Trinajstić information content (AvgIpc) is 3.37. The van der Waals surface area contributed by atoms with Gasteiger partial charge in [0, 0.05) is 36.0 Å². The maximum atomic E-state index is 14.9. The minimum Gasteiger partial charge on any atom is -0.464 e. The molecule has 3 heterocycles. The molecule has 0 bridgehead atoms. The Morgan fingerprint density at radius 3 is 2.72 bits per heavy atom. The van der Waals surface area contributed by atoms with Crippen molar-refractivity contribution in [2.45, 2.75) is 26.4 Å². The second kappa shape index (κ2) is 10.1. The van der Waals surface area contributed by atoms with Gasteiger partial charge >= 0.3 is 6.01 Å². The SMILES string of the molecule is Cc1cc(-c2c(-c3ccc(C#N)cc3)nc(OC[C@@H]3CCCN(C)C3)n3ccnc23)cc(F)c1CO. The van der Waals surface area contributed by atoms with Gasteiger partial charge in [-0.3, -0.25) is 4.40 Å². The van der Waals surface area contributed by atoms with Crippen molar-refractivity contribution >= 4 is 5.65 Å². The number of hydrogen-bond acceptors (Lipinski definition) is 6. The predicted octanol–water partition coefficient (Wildman–Crippen LogP) is 4.60. The van der Waals surface area contributed by atoms with Gasteiger partial charge in [-0.2, -0.15) is 10.2 Å². The van der Waals surface area contributed by atoms with Gasteiger partial charge in [0.2, 0.25) is 0 Å². The number of hydrogen-bond donors (Lipinski definition) is 1. The summed E-state index contributed by atoms with van der Waals surface area (Å²) in [6.45, 7) is 4.01. The van der Waals surface area contributed by atoms with E-state index in [2.05, 4.69) is 23.0 Å². The minimum absolute atomic E-state index is 0.267. The highest BCUT2D eigenvalue weighted by Gasteiger charge is 2.23. The second-order valence-electron chi connectivity index (χ2n) is 9.42. The first-order valence-electron chi connectivity index (χ1n) is 12.1. The number of aryl methyl sites for hydroxylation is 1. The van der Waals surface area contributed by atoms with Crippen LogP contribution in [0, 0.1) is 30.0 Å². The summed E-state index contributed by atoms with van der Waals surface area (Å²) in [4.78, 5) is 11.8. The van der Waals surface area contributed by atoms with Crippen LogP contribution in [0.5, 0.6) is 6.01 Å². The molecule has 5 rings (SSSR count). The Kier molecular flexibility index (Phi) is 6.68. The fourth-order valence-electron chi connectivity index (χ4n) is 4.95. The number of ether oxygens (including phenoxy) is 1. The smallest absolute Gasteiger partial charge is 0.302 e. The quantitative estimate of drug-likeness (QED) is 0.430. The fourth-order valence-corrected chi connectivity index (χ4v) is 4.95. The first-order chi connectivity index (χ1) is 17.5. The molecule has 4 aromatic rings. The van der Waals surface area contributed by atoms with Gasteiger partial charge < -0.3 is 14.7 Å². The van der Waals surface area contributed by atoms with E-state index in [0.29, 0.717) is 52.1 Å². The lowest BCUT2D eigenvalue weighted by Gasteiger charge is -2.29. The van der Waals surface area contributed by atoms with Gasteiger partial charge in [-0.25, -0.2) is 9.37 Å². The van der Waals surface area contributed by atoms with Crippen LogP contribution in [0.4, 0.5) is 4.39 Å². The highest BCUT2D eigenvalue weighted by Crippen LogP contribution is 2.37. The van der Waals surface area contributed by atoms with E-state index in [1.165, 1.54) is 6.07 Å². The van der Waals surface area contributed by atoms with E-state index in [9.17, 15) is 14.8 Å². The van der Waals surface area contributed by atoms with Crippen LogP contribution in [0.15, 0.2) is 48.8 Å². The number of rotatable bonds is 6. The van der Waals surface area contributed by atoms with Crippen LogP contribution in [-0.4, -0.2) is 51.1 Å². The van der Waals surface area contributed by atoms with Crippen molar-refractivity contribution in [2.24, 2.45) is 5.92 Å². The first-order valence-corrected chi connectivity index (χ1v) is 12.1. The molecule has 0 unspecified atom stereocenters. The first kappa shape index (κ1) is 23.9. The molecule has 7 nitrogen and oxygen atoms in total. The summed E-state index contributed by atoms with van der Waals surface area (Å²) in [7, 11) is 2.12. The number of piperidine rings is 1. The minimum atomic E-state index is -0.482. The number of halogens is 1. The molecule has 0 saturated carbocycles. The lowest BCUT2D eigenvalue weighted by molar-refractivity contribution is 0.143. The van der Waals surface area contributed by atoms with E-state index < -0.39 is 5.82 Å². The monoisotopic (exact) mass is 485 g/mol. The Balaban J connectivity index is 1.66. The zero-order valence-corrected chi connectivity index (χ0v) is 20.4. The van der Waals surface area contributed by atoms with Crippen LogP contribution in [0.2, 0.25) is 0 Å². The summed E-state index contributed by atoms with van der Waals surface area (Å²) in [6, 6.07) is 12.9. The summed E-state index contributed by atoms with van der Waals surface area (Å²) in [5.74, 6) is -0.0744. The van der Waals surface area contributed by atoms with Crippen molar-refractivity contribution in [3.63, 3.8) is 0 Å². The van der Waals surface area contributed by atoms with E-state index in [1.807, 2.05) is 18.2 Å². The van der Waals surface area contributed by atoms with E-state index in [-0.39, 0.29) is 12.2 Å². The van der Waals surface area contributed by atoms with Crippen LogP contribution in [-0.2, 0) is 6.61 Å². The molecule has 8 heteroatoms. The van der Waals surface area contributed by atoms with Gasteiger partial charge in [-0.15, -0.1) is 0 Å². The van der Waals surface area contributed by atoms with Crippen molar-refractivity contribution in [3.8, 4) is 34.5 Å². The maximum Gasteiger partial charge on any atom is 0.302 e. The summed E-state index contributed by atoms with van der Waals surface area (Å²) in [5.41, 5.74) is 4.65. The Morgan fingerprint density at radius 1 is 1.22 bits per heavy atom. The maximum absolute atomic E-state index is 14.9. The van der Waals surface area contributed by atoms with Crippen LogP contribution >= 0.6 is 0 Å². The average molecular weight is 486 g/mol. The molecule has 1 aliphatic heterocycles. The van der Waals surface area contributed by atoms with Gasteiger partial charge in [-0.1, -0.05) is 18.2 Å². The number of fused-ring (bicyclic) bond motifs is 1. The van der Waals surface area contributed by atoms with E-state index >= 15 is 0 Å². The molecule has 184 valence electrons. The number of aliphatic hydroxyl groups excluding tert-OH is 1. The number of benzene rings is 2. The van der Waals surface area contributed by atoms with Crippen molar-refractivity contribution < 1.29 is 14.2 Å². The molecule has 0 amide bonds. The molecule has 1 aliphatic rings. The Morgan fingerprint density at radius 2 is 2.03 bits per heavy atom. The third-order valence-electron chi connectivity index (χ3n) is 6.84. The lowest BCUT2D eigenvalue weighted by atomic mass is 9.96. The van der Waals surface area contributed by atoms with Crippen molar-refractivity contribution in [1.29, 1.82) is 5.26 Å². The van der Waals surface area contributed by atoms with E-state index in [0.717, 1.165) is 31.5 Å². The molecule has 1 saturated heterocycles. The molecule has 0 aliphatic carbocycles. The highest BCUT2D eigenvalue weighted by molar-refractivity contribution is 5.90. The second-order valence-corrected chi connectivity index (χ2v) is 9.42. The van der Waals surface area contributed by atoms with Crippen LogP contribution in [0.3, 0.4) is 0 Å². The number of aromatic nitrogens is 3. The van der Waals surface area contributed by atoms with Crippen LogP contribution in [0.25, 0.3) is 28.0 Å². The molecule has 1 N–H and O–H groups in total. The molecular weight excluding hydrogens is 457 g/mol. The summed E-state index contributed by atoms with van der Waals surface area (Å²) in [6.07, 6.45) is 5.72. The highest BCUT2D eigenvalue weighted by atomic mass is 19.1. The van der Waals surface area contributed by atoms with Crippen molar-refractivity contribution in [1.82, 2.24) is 19.3 Å². The van der Waals surface area contributed by atoms with Crippen molar-refractivity contribution in [2.75, 3.05) is 26.7 Å². The Hall–Kier alpha value is -3.80. The van der Waals surface area contributed by atoms with Crippen LogP contribution in [0.1, 0.15) is 29.5 Å². The number of aliphatic hydroxyl groups is 1. The van der Waals surface area contributed by atoms with Crippen LogP contribution < -0.4 is 4.74 Å². The Labute approximate surface area is 209 Å². The molecule has 0 radical (unpaired) electrons. The fraction of sp³-hybridized carbons (Fsp3) is 0.321. The summed E-state index contributed by atoms with van der Waals surface area (Å²) in [5, 5.41) is 18.8. The largest absolute Gasteiger partial charge is 0.464 e. The molecular formula is C28H28FN5O2. The zero-order valence-electron chi connectivity index (χ0n) is 20.4. The molecule has 1 atom stereocenters. The Bertz CT molecular complexity index is 1420. The molecule has 0 spiro atoms. The number of nitrogens with zero attached hydrogens (tertiary/aromatic N) is 5. The number of imidazole rings is 1. The molecule has 1 fully saturated rings. The van der Waals surface area contributed by atoms with Gasteiger partial charge in [0.15, 0.2) is 5.65 Å². The molecule has 2 aromatic heterocycles. The molecule has 36 heavy (non-hydrogen) atoms. The van der Waals surface area contributed by atoms with Gasteiger partial charge in [-0.05, 0) is 62.7 Å². The normalized spacial score (nSPS) is 16.2. The van der Waals surface area contributed by atoms with E-state index in [4.69, 9.17) is 9.72 Å². The summed E-state index contributed by atoms with van der Waals surface area (Å²) >= 11 is 0. The predicted molar refractivity (Wildman–Crippen MR) is 135 cm³/mol. The lowest BCUT2D eigenvalue weighted by Crippen LogP contribution is -2.35. The third kappa shape index (κ3) is 4.55. The number of likely N-dealkylation sites (tertiary alicyclic amines) is 1. The summed E-state index contributed by atoms with van der Waals surface area (Å²) < 4.78 is 23.0. The van der Waals surface area contributed by atoms with Gasteiger partial charge in [0.1, 0.15) is 5.82 Å². The van der Waals surface area contributed by atoms with Crippen molar-refractivity contribution in [3.05, 3.63) is 71.3 Å². The zero-order chi connectivity index (χ0) is 25.2. The standard InChI is InChI=1S/C28H28FN5O2/c1-18-12-22(13-24(29)23(18)16-35)25-26(21-7-5-19(14-30)6-8-21)32-28(34-11-9-31-27(25)34)36-17-20-4-3-10-33(2)15-20/h5-9,11-13,20,35H,3-4,10,15-17H2,1-2H3/t20-/m1/s1. The van der Waals surface area contributed by atoms with E-state index in [1.54, 1.807) is 35.9 Å². The number of nitriles is 1.